The fraction of sp³-hybridized carbons (Fsp3) is 0.227. The lowest BCUT2D eigenvalue weighted by atomic mass is 10.0. The lowest BCUT2D eigenvalue weighted by molar-refractivity contribution is 0.102. The highest BCUT2D eigenvalue weighted by molar-refractivity contribution is 6.33. The van der Waals surface area contributed by atoms with Crippen molar-refractivity contribution in [2.24, 2.45) is 12.2 Å². The van der Waals surface area contributed by atoms with Gasteiger partial charge >= 0.3 is 0 Å². The van der Waals surface area contributed by atoms with E-state index in [2.05, 4.69) is 15.6 Å². The molecule has 0 aliphatic heterocycles. The number of oxime groups is 1. The van der Waals surface area contributed by atoms with Gasteiger partial charge in [0.15, 0.2) is 0 Å². The summed E-state index contributed by atoms with van der Waals surface area (Å²) in [7, 11) is 3.26. The summed E-state index contributed by atoms with van der Waals surface area (Å²) in [5, 5.41) is 11.7. The summed E-state index contributed by atoms with van der Waals surface area (Å²) in [5.41, 5.74) is 4.72. The number of anilines is 1. The molecule has 0 unspecified atom stereocenters. The number of nitrogens with zero attached hydrogens (tertiary/aromatic N) is 3. The van der Waals surface area contributed by atoms with Gasteiger partial charge in [-0.3, -0.25) is 9.48 Å². The number of rotatable bonds is 6. The molecular weight excluding hydrogens is 388 g/mol. The molecule has 0 atom stereocenters. The molecule has 1 heterocycles. The molecule has 0 bridgehead atoms. The molecule has 1 aromatic heterocycles. The van der Waals surface area contributed by atoms with Crippen LogP contribution in [0.25, 0.3) is 11.1 Å². The second kappa shape index (κ2) is 8.09. The van der Waals surface area contributed by atoms with Crippen LogP contribution in [0.3, 0.4) is 0 Å². The van der Waals surface area contributed by atoms with Crippen LogP contribution in [0.15, 0.2) is 53.7 Å². The van der Waals surface area contributed by atoms with Crippen LogP contribution >= 0.6 is 11.6 Å². The van der Waals surface area contributed by atoms with Crippen molar-refractivity contribution in [1.29, 1.82) is 0 Å². The highest BCUT2D eigenvalue weighted by atomic mass is 35.5. The zero-order valence-corrected chi connectivity index (χ0v) is 17.0. The summed E-state index contributed by atoms with van der Waals surface area (Å²) in [6.45, 7) is 0. The first-order valence-electron chi connectivity index (χ1n) is 9.38. The molecule has 1 N–H and O–H groups in total. The van der Waals surface area contributed by atoms with Gasteiger partial charge in [-0.1, -0.05) is 53.2 Å². The van der Waals surface area contributed by atoms with E-state index in [4.69, 9.17) is 16.4 Å². The third-order valence-electron chi connectivity index (χ3n) is 4.88. The van der Waals surface area contributed by atoms with E-state index in [1.165, 1.54) is 7.11 Å². The Morgan fingerprint density at radius 1 is 1.28 bits per heavy atom. The number of hydrogen-bond donors (Lipinski definition) is 1. The van der Waals surface area contributed by atoms with Crippen LogP contribution in [-0.4, -0.2) is 29.0 Å². The second-order valence-electron chi connectivity index (χ2n) is 6.99. The Hall–Kier alpha value is -3.12. The number of halogens is 1. The number of para-hydroxylation sites is 1. The molecule has 1 fully saturated rings. The minimum atomic E-state index is -0.241. The van der Waals surface area contributed by atoms with Crippen LogP contribution < -0.4 is 5.32 Å². The molecular formula is C22H21ClN4O2. The summed E-state index contributed by atoms with van der Waals surface area (Å²) >= 11 is 6.39. The smallest absolute Gasteiger partial charge is 0.260 e. The first-order chi connectivity index (χ1) is 14.1. The molecule has 1 aliphatic rings. The van der Waals surface area contributed by atoms with Crippen molar-refractivity contribution in [3.8, 4) is 11.1 Å². The number of nitrogens with one attached hydrogen (secondary N) is 1. The van der Waals surface area contributed by atoms with E-state index >= 15 is 0 Å². The number of aryl methyl sites for hydroxylation is 1. The zero-order valence-electron chi connectivity index (χ0n) is 16.2. The Bertz CT molecular complexity index is 1090. The van der Waals surface area contributed by atoms with Crippen molar-refractivity contribution in [3.05, 3.63) is 70.5 Å². The van der Waals surface area contributed by atoms with Gasteiger partial charge in [0.1, 0.15) is 17.8 Å². The Labute approximate surface area is 174 Å². The number of hydrogen-bond acceptors (Lipinski definition) is 4. The van der Waals surface area contributed by atoms with Crippen molar-refractivity contribution in [2.75, 3.05) is 12.4 Å². The predicted molar refractivity (Wildman–Crippen MR) is 115 cm³/mol. The maximum absolute atomic E-state index is 13.1. The van der Waals surface area contributed by atoms with Crippen molar-refractivity contribution >= 4 is 29.4 Å². The largest absolute Gasteiger partial charge is 0.399 e. The van der Waals surface area contributed by atoms with Crippen LogP contribution in [0.1, 0.15) is 40.4 Å². The molecule has 1 aliphatic carbocycles. The standard InChI is InChI=1S/C22H21ClN4O2/c1-27-21(23)19(20(26-27)15-10-11-15)22(28)25-18-9-4-3-8-17(18)16-7-5-6-14(12-16)13-24-29-2/h3-9,12-13,15H,10-11H2,1-2H3,(H,25,28). The highest BCUT2D eigenvalue weighted by Gasteiger charge is 2.33. The highest BCUT2D eigenvalue weighted by Crippen LogP contribution is 2.42. The lowest BCUT2D eigenvalue weighted by Crippen LogP contribution is -2.14. The first kappa shape index (κ1) is 19.2. The van der Waals surface area contributed by atoms with Gasteiger partial charge in [0.2, 0.25) is 0 Å². The fourth-order valence-electron chi connectivity index (χ4n) is 3.30. The maximum atomic E-state index is 13.1. The SMILES string of the molecule is CON=Cc1cccc(-c2ccccc2NC(=O)c2c(C3CC3)nn(C)c2Cl)c1. The van der Waals surface area contributed by atoms with Crippen molar-refractivity contribution in [3.63, 3.8) is 0 Å². The summed E-state index contributed by atoms with van der Waals surface area (Å²) in [5.74, 6) is 0.0796. The Morgan fingerprint density at radius 3 is 2.83 bits per heavy atom. The molecule has 0 spiro atoms. The minimum Gasteiger partial charge on any atom is -0.399 e. The predicted octanol–water partition coefficient (Wildman–Crippen LogP) is 4.85. The van der Waals surface area contributed by atoms with E-state index < -0.39 is 0 Å². The number of carbonyl (C=O) groups is 1. The summed E-state index contributed by atoms with van der Waals surface area (Å²) in [6, 6.07) is 15.5. The number of amides is 1. The molecule has 6 nitrogen and oxygen atoms in total. The minimum absolute atomic E-state index is 0.241. The van der Waals surface area contributed by atoms with Gasteiger partial charge in [-0.15, -0.1) is 0 Å². The summed E-state index contributed by atoms with van der Waals surface area (Å²) < 4.78 is 1.56. The zero-order chi connectivity index (χ0) is 20.4. The van der Waals surface area contributed by atoms with Crippen LogP contribution in [0.2, 0.25) is 5.15 Å². The van der Waals surface area contributed by atoms with E-state index in [1.54, 1.807) is 17.9 Å². The topological polar surface area (TPSA) is 68.5 Å². The van der Waals surface area contributed by atoms with Gasteiger partial charge in [-0.05, 0) is 36.1 Å². The average Bonchev–Trinajstić information content (AvgIpc) is 3.53. The van der Waals surface area contributed by atoms with Crippen molar-refractivity contribution in [2.45, 2.75) is 18.8 Å². The normalized spacial score (nSPS) is 13.6. The van der Waals surface area contributed by atoms with Gasteiger partial charge in [0.25, 0.3) is 5.91 Å². The van der Waals surface area contributed by atoms with Crippen LogP contribution in [0.5, 0.6) is 0 Å². The van der Waals surface area contributed by atoms with Gasteiger partial charge in [-0.2, -0.15) is 5.10 Å². The Kier molecular flexibility index (Phi) is 5.36. The van der Waals surface area contributed by atoms with E-state index in [9.17, 15) is 4.79 Å². The Balaban J connectivity index is 1.67. The molecule has 3 aromatic rings. The van der Waals surface area contributed by atoms with Crippen molar-refractivity contribution in [1.82, 2.24) is 9.78 Å². The molecule has 1 amide bonds. The third kappa shape index (κ3) is 4.03. The Morgan fingerprint density at radius 2 is 2.07 bits per heavy atom. The average molecular weight is 409 g/mol. The van der Waals surface area contributed by atoms with E-state index in [1.807, 2.05) is 48.5 Å². The van der Waals surface area contributed by atoms with Crippen LogP contribution in [0.4, 0.5) is 5.69 Å². The molecule has 1 saturated carbocycles. The molecule has 4 rings (SSSR count). The molecule has 2 aromatic carbocycles. The molecule has 0 radical (unpaired) electrons. The molecule has 0 saturated heterocycles. The van der Waals surface area contributed by atoms with Crippen LogP contribution in [0, 0.1) is 0 Å². The van der Waals surface area contributed by atoms with Gasteiger partial charge < -0.3 is 10.2 Å². The summed E-state index contributed by atoms with van der Waals surface area (Å²) in [6.07, 6.45) is 3.72. The molecule has 29 heavy (non-hydrogen) atoms. The number of aromatic nitrogens is 2. The fourth-order valence-corrected chi connectivity index (χ4v) is 3.52. The van der Waals surface area contributed by atoms with E-state index in [0.717, 1.165) is 35.2 Å². The molecule has 148 valence electrons. The van der Waals surface area contributed by atoms with Gasteiger partial charge in [0.05, 0.1) is 11.9 Å². The molecule has 7 heteroatoms. The van der Waals surface area contributed by atoms with Gasteiger partial charge in [-0.25, -0.2) is 0 Å². The summed E-state index contributed by atoms with van der Waals surface area (Å²) in [4.78, 5) is 17.9. The van der Waals surface area contributed by atoms with E-state index in [0.29, 0.717) is 22.3 Å². The maximum Gasteiger partial charge on any atom is 0.260 e. The van der Waals surface area contributed by atoms with Gasteiger partial charge in [0, 0.05) is 24.2 Å². The number of carbonyl (C=O) groups excluding carboxylic acids is 1. The monoisotopic (exact) mass is 408 g/mol. The second-order valence-corrected chi connectivity index (χ2v) is 7.35. The van der Waals surface area contributed by atoms with Crippen molar-refractivity contribution < 1.29 is 9.63 Å². The van der Waals surface area contributed by atoms with Crippen LogP contribution in [-0.2, 0) is 11.9 Å². The quantitative estimate of drug-likeness (QED) is 0.468. The lowest BCUT2D eigenvalue weighted by Gasteiger charge is -2.12. The van der Waals surface area contributed by atoms with E-state index in [-0.39, 0.29) is 5.91 Å². The first-order valence-corrected chi connectivity index (χ1v) is 9.76. The third-order valence-corrected chi connectivity index (χ3v) is 5.31. The number of benzene rings is 2.